The van der Waals surface area contributed by atoms with Gasteiger partial charge in [-0.15, -0.1) is 0 Å². The van der Waals surface area contributed by atoms with Gasteiger partial charge in [0, 0.05) is 13.1 Å². The van der Waals surface area contributed by atoms with Crippen LogP contribution in [-0.2, 0) is 0 Å². The Labute approximate surface area is 116 Å². The zero-order valence-electron chi connectivity index (χ0n) is 11.7. The number of rotatable bonds is 2. The Morgan fingerprint density at radius 3 is 2.26 bits per heavy atom. The Bertz CT molecular complexity index is 387. The SMILES string of the molecule is Nc1ccc(N2CCC(C3CCCCC3)CC2)nc1. The van der Waals surface area contributed by atoms with Crippen LogP contribution in [0.4, 0.5) is 11.5 Å². The molecule has 1 saturated heterocycles. The lowest BCUT2D eigenvalue weighted by Gasteiger charge is -2.38. The Morgan fingerprint density at radius 1 is 0.947 bits per heavy atom. The maximum Gasteiger partial charge on any atom is 0.128 e. The first-order chi connectivity index (χ1) is 9.33. The molecule has 1 aromatic heterocycles. The summed E-state index contributed by atoms with van der Waals surface area (Å²) in [5, 5.41) is 0. The third-order valence-corrected chi connectivity index (χ3v) is 4.95. The summed E-state index contributed by atoms with van der Waals surface area (Å²) in [6.45, 7) is 2.33. The number of piperidine rings is 1. The lowest BCUT2D eigenvalue weighted by molar-refractivity contribution is 0.213. The number of nitrogen functional groups attached to an aromatic ring is 1. The topological polar surface area (TPSA) is 42.1 Å². The van der Waals surface area contributed by atoms with Gasteiger partial charge in [0.15, 0.2) is 0 Å². The maximum absolute atomic E-state index is 5.69. The van der Waals surface area contributed by atoms with Crippen LogP contribution in [-0.4, -0.2) is 18.1 Å². The number of anilines is 2. The van der Waals surface area contributed by atoms with E-state index in [0.29, 0.717) is 0 Å². The van der Waals surface area contributed by atoms with E-state index in [1.807, 2.05) is 6.07 Å². The second kappa shape index (κ2) is 5.81. The Balaban J connectivity index is 1.55. The molecule has 2 aliphatic rings. The largest absolute Gasteiger partial charge is 0.397 e. The fourth-order valence-corrected chi connectivity index (χ4v) is 3.79. The number of hydrogen-bond donors (Lipinski definition) is 1. The van der Waals surface area contributed by atoms with Gasteiger partial charge in [-0.25, -0.2) is 4.98 Å². The van der Waals surface area contributed by atoms with Crippen LogP contribution in [0.5, 0.6) is 0 Å². The molecule has 2 heterocycles. The number of hydrogen-bond acceptors (Lipinski definition) is 3. The van der Waals surface area contributed by atoms with E-state index in [1.165, 1.54) is 44.9 Å². The predicted octanol–water partition coefficient (Wildman–Crippen LogP) is 3.46. The molecule has 0 unspecified atom stereocenters. The summed E-state index contributed by atoms with van der Waals surface area (Å²) in [6, 6.07) is 4.01. The summed E-state index contributed by atoms with van der Waals surface area (Å²) >= 11 is 0. The highest BCUT2D eigenvalue weighted by Gasteiger charge is 2.27. The monoisotopic (exact) mass is 259 g/mol. The van der Waals surface area contributed by atoms with Crippen LogP contribution in [0.15, 0.2) is 18.3 Å². The minimum atomic E-state index is 0.751. The van der Waals surface area contributed by atoms with Gasteiger partial charge in [0.2, 0.25) is 0 Å². The lowest BCUT2D eigenvalue weighted by atomic mass is 9.76. The fourth-order valence-electron chi connectivity index (χ4n) is 3.79. The molecule has 1 aliphatic carbocycles. The summed E-state index contributed by atoms with van der Waals surface area (Å²) in [6.07, 6.45) is 11.8. The van der Waals surface area contributed by atoms with Gasteiger partial charge in [-0.3, -0.25) is 0 Å². The van der Waals surface area contributed by atoms with E-state index in [0.717, 1.165) is 36.4 Å². The normalized spacial score (nSPS) is 22.6. The summed E-state index contributed by atoms with van der Waals surface area (Å²) in [5.41, 5.74) is 6.45. The van der Waals surface area contributed by atoms with Crippen molar-refractivity contribution in [2.45, 2.75) is 44.9 Å². The molecular weight excluding hydrogens is 234 g/mol. The molecule has 0 amide bonds. The molecule has 19 heavy (non-hydrogen) atoms. The molecule has 104 valence electrons. The van der Waals surface area contributed by atoms with Crippen molar-refractivity contribution in [1.82, 2.24) is 4.98 Å². The van der Waals surface area contributed by atoms with Crippen molar-refractivity contribution in [3.63, 3.8) is 0 Å². The van der Waals surface area contributed by atoms with Crippen LogP contribution in [0.3, 0.4) is 0 Å². The lowest BCUT2D eigenvalue weighted by Crippen LogP contribution is -2.37. The standard InChI is InChI=1S/C16H25N3/c17-15-6-7-16(18-12-15)19-10-8-14(9-11-19)13-4-2-1-3-5-13/h6-7,12-14H,1-5,8-11,17H2. The van der Waals surface area contributed by atoms with E-state index in [4.69, 9.17) is 5.73 Å². The average molecular weight is 259 g/mol. The average Bonchev–Trinajstić information content (AvgIpc) is 2.49. The first-order valence-electron chi connectivity index (χ1n) is 7.79. The molecule has 0 radical (unpaired) electrons. The molecule has 3 rings (SSSR count). The molecule has 0 atom stereocenters. The first kappa shape index (κ1) is 12.8. The molecule has 3 nitrogen and oxygen atoms in total. The summed E-state index contributed by atoms with van der Waals surface area (Å²) in [5.74, 6) is 3.07. The van der Waals surface area contributed by atoms with Gasteiger partial charge in [-0.1, -0.05) is 32.1 Å². The van der Waals surface area contributed by atoms with Crippen LogP contribution in [0.2, 0.25) is 0 Å². The van der Waals surface area contributed by atoms with Gasteiger partial charge >= 0.3 is 0 Å². The molecule has 2 fully saturated rings. The van der Waals surface area contributed by atoms with Crippen LogP contribution in [0, 0.1) is 11.8 Å². The molecule has 1 aliphatic heterocycles. The summed E-state index contributed by atoms with van der Waals surface area (Å²) < 4.78 is 0. The van der Waals surface area contributed by atoms with Crippen molar-refractivity contribution in [3.05, 3.63) is 18.3 Å². The highest BCUT2D eigenvalue weighted by atomic mass is 15.2. The third kappa shape index (κ3) is 3.02. The summed E-state index contributed by atoms with van der Waals surface area (Å²) in [7, 11) is 0. The minimum Gasteiger partial charge on any atom is -0.397 e. The minimum absolute atomic E-state index is 0.751. The molecule has 1 aromatic rings. The summed E-state index contributed by atoms with van der Waals surface area (Å²) in [4.78, 5) is 6.86. The predicted molar refractivity (Wildman–Crippen MR) is 80.2 cm³/mol. The quantitative estimate of drug-likeness (QED) is 0.884. The zero-order chi connectivity index (χ0) is 13.1. The van der Waals surface area contributed by atoms with Crippen LogP contribution >= 0.6 is 0 Å². The Morgan fingerprint density at radius 2 is 1.63 bits per heavy atom. The molecule has 2 N–H and O–H groups in total. The van der Waals surface area contributed by atoms with E-state index in [1.54, 1.807) is 6.20 Å². The number of aromatic nitrogens is 1. The van der Waals surface area contributed by atoms with Crippen molar-refractivity contribution >= 4 is 11.5 Å². The van der Waals surface area contributed by atoms with Crippen molar-refractivity contribution in [1.29, 1.82) is 0 Å². The highest BCUT2D eigenvalue weighted by molar-refractivity contribution is 5.45. The van der Waals surface area contributed by atoms with Gasteiger partial charge in [0.25, 0.3) is 0 Å². The molecule has 0 bridgehead atoms. The van der Waals surface area contributed by atoms with Gasteiger partial charge in [-0.2, -0.15) is 0 Å². The van der Waals surface area contributed by atoms with Crippen molar-refractivity contribution < 1.29 is 0 Å². The van der Waals surface area contributed by atoms with Crippen LogP contribution < -0.4 is 10.6 Å². The smallest absolute Gasteiger partial charge is 0.128 e. The Hall–Kier alpha value is -1.25. The second-order valence-electron chi connectivity index (χ2n) is 6.17. The Kier molecular flexibility index (Phi) is 3.90. The third-order valence-electron chi connectivity index (χ3n) is 4.95. The highest BCUT2D eigenvalue weighted by Crippen LogP contribution is 2.36. The van der Waals surface area contributed by atoms with Crippen molar-refractivity contribution in [3.8, 4) is 0 Å². The fraction of sp³-hybridized carbons (Fsp3) is 0.688. The van der Waals surface area contributed by atoms with Gasteiger partial charge in [0.1, 0.15) is 5.82 Å². The van der Waals surface area contributed by atoms with E-state index in [-0.39, 0.29) is 0 Å². The molecular formula is C16H25N3. The van der Waals surface area contributed by atoms with E-state index < -0.39 is 0 Å². The van der Waals surface area contributed by atoms with Crippen molar-refractivity contribution in [2.75, 3.05) is 23.7 Å². The van der Waals surface area contributed by atoms with Crippen molar-refractivity contribution in [2.24, 2.45) is 11.8 Å². The molecule has 0 spiro atoms. The van der Waals surface area contributed by atoms with Gasteiger partial charge in [0.05, 0.1) is 11.9 Å². The van der Waals surface area contributed by atoms with Crippen LogP contribution in [0.1, 0.15) is 44.9 Å². The van der Waals surface area contributed by atoms with Gasteiger partial charge in [-0.05, 0) is 36.8 Å². The van der Waals surface area contributed by atoms with E-state index in [2.05, 4.69) is 16.0 Å². The maximum atomic E-state index is 5.69. The van der Waals surface area contributed by atoms with Crippen LogP contribution in [0.25, 0.3) is 0 Å². The zero-order valence-corrected chi connectivity index (χ0v) is 11.7. The number of nitrogens with zero attached hydrogens (tertiary/aromatic N) is 2. The molecule has 1 saturated carbocycles. The van der Waals surface area contributed by atoms with Gasteiger partial charge < -0.3 is 10.6 Å². The molecule has 3 heteroatoms. The number of nitrogens with two attached hydrogens (primary N) is 1. The number of pyridine rings is 1. The van der Waals surface area contributed by atoms with E-state index >= 15 is 0 Å². The second-order valence-corrected chi connectivity index (χ2v) is 6.17. The first-order valence-corrected chi connectivity index (χ1v) is 7.79. The molecule has 0 aromatic carbocycles. The van der Waals surface area contributed by atoms with E-state index in [9.17, 15) is 0 Å².